The predicted molar refractivity (Wildman–Crippen MR) is 57.6 cm³/mol. The Hall–Kier alpha value is 0.160. The van der Waals surface area contributed by atoms with E-state index >= 15 is 0 Å². The van der Waals surface area contributed by atoms with Crippen molar-refractivity contribution in [3.63, 3.8) is 0 Å². The molecule has 0 atom stereocenters. The molecule has 1 aromatic rings. The molecule has 0 saturated carbocycles. The lowest BCUT2D eigenvalue weighted by atomic mass is 10.2. The average molecular weight is 322 g/mol. The maximum Gasteiger partial charge on any atom is 0.236 e. The van der Waals surface area contributed by atoms with Crippen LogP contribution in [0.5, 0.6) is 0 Å². The molecule has 78 valence electrons. The van der Waals surface area contributed by atoms with Crippen LogP contribution in [0.25, 0.3) is 0 Å². The zero-order valence-corrected chi connectivity index (χ0v) is 10.5. The minimum atomic E-state index is -3.73. The first-order valence-electron chi connectivity index (χ1n) is 3.35. The van der Waals surface area contributed by atoms with Crippen molar-refractivity contribution in [1.82, 2.24) is 0 Å². The van der Waals surface area contributed by atoms with Gasteiger partial charge in [0.1, 0.15) is 5.82 Å². The first-order chi connectivity index (χ1) is 6.29. The molecule has 0 spiro atoms. The highest BCUT2D eigenvalue weighted by molar-refractivity contribution is 9.10. The number of rotatable bonds is 2. The van der Waals surface area contributed by atoms with Gasteiger partial charge in [-0.15, -0.1) is 0 Å². The summed E-state index contributed by atoms with van der Waals surface area (Å²) in [7, 11) is 1.29. The molecule has 0 unspecified atom stereocenters. The van der Waals surface area contributed by atoms with Crippen molar-refractivity contribution < 1.29 is 12.8 Å². The lowest BCUT2D eigenvalue weighted by Crippen LogP contribution is -1.97. The van der Waals surface area contributed by atoms with Crippen LogP contribution in [0.4, 0.5) is 4.39 Å². The minimum Gasteiger partial charge on any atom is -0.212 e. The van der Waals surface area contributed by atoms with Gasteiger partial charge in [-0.3, -0.25) is 0 Å². The molecular formula is C7H4BrCl2FO2S. The van der Waals surface area contributed by atoms with E-state index in [1.807, 2.05) is 0 Å². The molecule has 0 bridgehead atoms. The van der Waals surface area contributed by atoms with Gasteiger partial charge in [-0.05, 0) is 17.7 Å². The summed E-state index contributed by atoms with van der Waals surface area (Å²) in [6, 6.07) is 2.55. The highest BCUT2D eigenvalue weighted by atomic mass is 79.9. The van der Waals surface area contributed by atoms with Gasteiger partial charge in [0.15, 0.2) is 0 Å². The first kappa shape index (κ1) is 12.2. The van der Waals surface area contributed by atoms with E-state index in [1.165, 1.54) is 6.07 Å². The lowest BCUT2D eigenvalue weighted by molar-refractivity contribution is 0.608. The molecule has 14 heavy (non-hydrogen) atoms. The Morgan fingerprint density at radius 1 is 1.43 bits per heavy atom. The molecule has 1 rings (SSSR count). The molecular weight excluding hydrogens is 318 g/mol. The Balaban J connectivity index is 3.22. The molecule has 0 amide bonds. The van der Waals surface area contributed by atoms with E-state index in [1.54, 1.807) is 0 Å². The lowest BCUT2D eigenvalue weighted by Gasteiger charge is -2.03. The van der Waals surface area contributed by atoms with Gasteiger partial charge in [0.05, 0.1) is 10.8 Å². The van der Waals surface area contributed by atoms with Gasteiger partial charge in [0.25, 0.3) is 0 Å². The predicted octanol–water partition coefficient (Wildman–Crippen LogP) is 3.31. The maximum atomic E-state index is 13.0. The largest absolute Gasteiger partial charge is 0.236 e. The van der Waals surface area contributed by atoms with Crippen molar-refractivity contribution in [2.24, 2.45) is 0 Å². The number of hydrogen-bond donors (Lipinski definition) is 0. The zero-order valence-electron chi connectivity index (χ0n) is 6.60. The van der Waals surface area contributed by atoms with E-state index in [9.17, 15) is 12.8 Å². The van der Waals surface area contributed by atoms with Crippen LogP contribution in [0.2, 0.25) is 5.02 Å². The molecule has 0 heterocycles. The van der Waals surface area contributed by atoms with Gasteiger partial charge in [0, 0.05) is 15.2 Å². The Bertz CT molecular complexity index is 461. The summed E-state index contributed by atoms with van der Waals surface area (Å²) in [5.74, 6) is -1.18. The number of benzene rings is 1. The Morgan fingerprint density at radius 3 is 2.50 bits per heavy atom. The van der Waals surface area contributed by atoms with Gasteiger partial charge in [-0.25, -0.2) is 12.8 Å². The first-order valence-corrected chi connectivity index (χ1v) is 7.00. The standard InChI is InChI=1S/C7H4BrCl2FO2S/c8-5-1-4(3-14(10,12)13)7(9)6(11)2-5/h1-2H,3H2. The third-order valence-electron chi connectivity index (χ3n) is 1.40. The molecule has 0 aromatic heterocycles. The van der Waals surface area contributed by atoms with Crippen LogP contribution in [0, 0.1) is 5.82 Å². The van der Waals surface area contributed by atoms with E-state index in [4.69, 9.17) is 22.3 Å². The van der Waals surface area contributed by atoms with Crippen molar-refractivity contribution >= 4 is 47.3 Å². The normalized spacial score (nSPS) is 11.7. The molecule has 0 saturated heterocycles. The van der Waals surface area contributed by atoms with Crippen LogP contribution >= 0.6 is 38.2 Å². The van der Waals surface area contributed by atoms with Crippen LogP contribution in [-0.2, 0) is 14.8 Å². The second-order valence-corrected chi connectivity index (χ2v) is 6.61. The van der Waals surface area contributed by atoms with Crippen molar-refractivity contribution in [1.29, 1.82) is 0 Å². The summed E-state index contributed by atoms with van der Waals surface area (Å²) in [6.07, 6.45) is 0. The molecule has 1 aromatic carbocycles. The Kier molecular flexibility index (Phi) is 3.80. The summed E-state index contributed by atoms with van der Waals surface area (Å²) >= 11 is 8.57. The second kappa shape index (κ2) is 4.35. The van der Waals surface area contributed by atoms with E-state index < -0.39 is 20.6 Å². The molecule has 0 N–H and O–H groups in total. The van der Waals surface area contributed by atoms with Crippen molar-refractivity contribution in [3.8, 4) is 0 Å². The number of halogens is 4. The second-order valence-electron chi connectivity index (χ2n) is 2.54. The smallest absolute Gasteiger partial charge is 0.212 e. The summed E-state index contributed by atoms with van der Waals surface area (Å²) in [4.78, 5) is 0. The summed E-state index contributed by atoms with van der Waals surface area (Å²) in [5.41, 5.74) is 0.133. The molecule has 0 aliphatic rings. The van der Waals surface area contributed by atoms with E-state index in [0.717, 1.165) is 6.07 Å². The third kappa shape index (κ3) is 3.38. The minimum absolute atomic E-state index is 0.133. The zero-order chi connectivity index (χ0) is 10.9. The SMILES string of the molecule is O=S(=O)(Cl)Cc1cc(Br)cc(F)c1Cl. The molecule has 0 fully saturated rings. The van der Waals surface area contributed by atoms with Crippen LogP contribution in [0.1, 0.15) is 5.56 Å². The maximum absolute atomic E-state index is 13.0. The van der Waals surface area contributed by atoms with E-state index in [0.29, 0.717) is 4.47 Å². The topological polar surface area (TPSA) is 34.1 Å². The fourth-order valence-corrected chi connectivity index (χ4v) is 2.58. The van der Waals surface area contributed by atoms with Gasteiger partial charge in [0.2, 0.25) is 9.05 Å². The van der Waals surface area contributed by atoms with Gasteiger partial charge >= 0.3 is 0 Å². The fraction of sp³-hybridized carbons (Fsp3) is 0.143. The van der Waals surface area contributed by atoms with Crippen molar-refractivity contribution in [2.75, 3.05) is 0 Å². The third-order valence-corrected chi connectivity index (χ3v) is 3.26. The van der Waals surface area contributed by atoms with Gasteiger partial charge in [-0.1, -0.05) is 27.5 Å². The van der Waals surface area contributed by atoms with Crippen LogP contribution in [0.15, 0.2) is 16.6 Å². The van der Waals surface area contributed by atoms with Gasteiger partial charge < -0.3 is 0 Å². The van der Waals surface area contributed by atoms with Crippen LogP contribution < -0.4 is 0 Å². The molecule has 2 nitrogen and oxygen atoms in total. The van der Waals surface area contributed by atoms with Crippen LogP contribution in [0.3, 0.4) is 0 Å². The summed E-state index contributed by atoms with van der Waals surface area (Å²) in [5, 5.41) is -0.225. The average Bonchev–Trinajstić information content (AvgIpc) is 1.96. The van der Waals surface area contributed by atoms with Crippen molar-refractivity contribution in [2.45, 2.75) is 5.75 Å². The molecule has 0 aliphatic carbocycles. The molecule has 0 radical (unpaired) electrons. The van der Waals surface area contributed by atoms with E-state index in [-0.39, 0.29) is 10.6 Å². The monoisotopic (exact) mass is 320 g/mol. The Morgan fingerprint density at radius 2 is 2.00 bits per heavy atom. The molecule has 0 aliphatic heterocycles. The highest BCUT2D eigenvalue weighted by Gasteiger charge is 2.14. The quantitative estimate of drug-likeness (QED) is 0.618. The summed E-state index contributed by atoms with van der Waals surface area (Å²) < 4.78 is 34.9. The Labute approximate surface area is 98.6 Å². The fourth-order valence-electron chi connectivity index (χ4n) is 0.900. The highest BCUT2D eigenvalue weighted by Crippen LogP contribution is 2.27. The summed E-state index contributed by atoms with van der Waals surface area (Å²) in [6.45, 7) is 0. The van der Waals surface area contributed by atoms with E-state index in [2.05, 4.69) is 15.9 Å². The van der Waals surface area contributed by atoms with Crippen LogP contribution in [-0.4, -0.2) is 8.42 Å². The van der Waals surface area contributed by atoms with Crippen molar-refractivity contribution in [3.05, 3.63) is 33.0 Å². The number of hydrogen-bond acceptors (Lipinski definition) is 2. The molecule has 7 heteroatoms. The van der Waals surface area contributed by atoms with Gasteiger partial charge in [-0.2, -0.15) is 0 Å².